The summed E-state index contributed by atoms with van der Waals surface area (Å²) in [5.74, 6) is 3.25. The van der Waals surface area contributed by atoms with Crippen molar-refractivity contribution in [1.82, 2.24) is 0 Å². The first-order chi connectivity index (χ1) is 12.9. The maximum absolute atomic E-state index is 11.2. The van der Waals surface area contributed by atoms with Gasteiger partial charge in [-0.15, -0.1) is 0 Å². The standard InChI is InChI=1S/C25H50O2/c1-7-12-21(2)15-10-16-22(3)13-8-9-14-23(4)17-11-18-24(5)19-20-25(26)27-6/h21-24H,7-20H2,1-6H3. The summed E-state index contributed by atoms with van der Waals surface area (Å²) < 4.78 is 4.72. The molecule has 0 bridgehead atoms. The van der Waals surface area contributed by atoms with Gasteiger partial charge in [0.15, 0.2) is 0 Å². The summed E-state index contributed by atoms with van der Waals surface area (Å²) in [6.45, 7) is 11.8. The van der Waals surface area contributed by atoms with Crippen LogP contribution in [0.2, 0.25) is 0 Å². The summed E-state index contributed by atoms with van der Waals surface area (Å²) in [7, 11) is 1.48. The minimum atomic E-state index is -0.0695. The summed E-state index contributed by atoms with van der Waals surface area (Å²) in [5, 5.41) is 0. The van der Waals surface area contributed by atoms with Gasteiger partial charge in [0.2, 0.25) is 0 Å². The zero-order valence-corrected chi connectivity index (χ0v) is 19.5. The van der Waals surface area contributed by atoms with Crippen molar-refractivity contribution >= 4 is 5.97 Å². The third-order valence-electron chi connectivity index (χ3n) is 6.28. The predicted octanol–water partition coefficient (Wildman–Crippen LogP) is 8.19. The van der Waals surface area contributed by atoms with Crippen LogP contribution < -0.4 is 0 Å². The molecule has 2 nitrogen and oxygen atoms in total. The molecule has 0 aromatic heterocycles. The molecule has 0 fully saturated rings. The number of hydrogen-bond acceptors (Lipinski definition) is 2. The molecule has 0 rings (SSSR count). The van der Waals surface area contributed by atoms with E-state index in [4.69, 9.17) is 4.74 Å². The van der Waals surface area contributed by atoms with Crippen LogP contribution in [0.15, 0.2) is 0 Å². The van der Waals surface area contributed by atoms with Crippen molar-refractivity contribution in [1.29, 1.82) is 0 Å². The molecular formula is C25H50O2. The molecule has 0 saturated carbocycles. The SMILES string of the molecule is CCCC(C)CCCC(C)CCCCC(C)CCCC(C)CCC(=O)OC. The number of ether oxygens (including phenoxy) is 1. The van der Waals surface area contributed by atoms with E-state index in [2.05, 4.69) is 34.6 Å². The van der Waals surface area contributed by atoms with Gasteiger partial charge in [-0.25, -0.2) is 0 Å². The van der Waals surface area contributed by atoms with Gasteiger partial charge in [0.1, 0.15) is 0 Å². The number of esters is 1. The minimum absolute atomic E-state index is 0.0695. The van der Waals surface area contributed by atoms with E-state index in [0.717, 1.165) is 24.2 Å². The number of carbonyl (C=O) groups excluding carboxylic acids is 1. The lowest BCUT2D eigenvalue weighted by molar-refractivity contribution is -0.140. The van der Waals surface area contributed by atoms with Crippen LogP contribution >= 0.6 is 0 Å². The van der Waals surface area contributed by atoms with Crippen LogP contribution in [-0.4, -0.2) is 13.1 Å². The van der Waals surface area contributed by atoms with Gasteiger partial charge < -0.3 is 4.74 Å². The average molecular weight is 383 g/mol. The number of hydrogen-bond donors (Lipinski definition) is 0. The average Bonchev–Trinajstić information content (AvgIpc) is 2.63. The van der Waals surface area contributed by atoms with Gasteiger partial charge in [0.25, 0.3) is 0 Å². The first kappa shape index (κ1) is 26.5. The van der Waals surface area contributed by atoms with Gasteiger partial charge >= 0.3 is 5.97 Å². The molecule has 0 aliphatic carbocycles. The fourth-order valence-corrected chi connectivity index (χ4v) is 4.15. The van der Waals surface area contributed by atoms with Crippen molar-refractivity contribution in [3.05, 3.63) is 0 Å². The zero-order valence-electron chi connectivity index (χ0n) is 19.5. The molecule has 0 spiro atoms. The highest BCUT2D eigenvalue weighted by Gasteiger charge is 2.09. The Kier molecular flexibility index (Phi) is 17.2. The molecule has 0 saturated heterocycles. The number of carbonyl (C=O) groups is 1. The van der Waals surface area contributed by atoms with Crippen molar-refractivity contribution in [3.8, 4) is 0 Å². The van der Waals surface area contributed by atoms with Gasteiger partial charge in [-0.2, -0.15) is 0 Å². The minimum Gasteiger partial charge on any atom is -0.469 e. The van der Waals surface area contributed by atoms with Gasteiger partial charge in [-0.1, -0.05) is 112 Å². The predicted molar refractivity (Wildman–Crippen MR) is 119 cm³/mol. The molecule has 0 aliphatic rings. The second-order valence-corrected chi connectivity index (χ2v) is 9.47. The van der Waals surface area contributed by atoms with E-state index >= 15 is 0 Å². The quantitative estimate of drug-likeness (QED) is 0.176. The summed E-state index contributed by atoms with van der Waals surface area (Å²) >= 11 is 0. The Balaban J connectivity index is 3.54. The molecule has 2 heteroatoms. The first-order valence-corrected chi connectivity index (χ1v) is 12.0. The van der Waals surface area contributed by atoms with E-state index in [1.165, 1.54) is 84.2 Å². The Bertz CT molecular complexity index is 339. The largest absolute Gasteiger partial charge is 0.469 e. The lowest BCUT2D eigenvalue weighted by atomic mass is 9.91. The molecule has 0 radical (unpaired) electrons. The lowest BCUT2D eigenvalue weighted by Gasteiger charge is -2.16. The molecule has 0 amide bonds. The smallest absolute Gasteiger partial charge is 0.305 e. The van der Waals surface area contributed by atoms with Crippen LogP contribution in [-0.2, 0) is 9.53 Å². The number of methoxy groups -OCH3 is 1. The van der Waals surface area contributed by atoms with E-state index in [1.54, 1.807) is 0 Å². The molecule has 162 valence electrons. The number of rotatable bonds is 18. The molecular weight excluding hydrogens is 332 g/mol. The van der Waals surface area contributed by atoms with Crippen molar-refractivity contribution in [2.45, 2.75) is 125 Å². The van der Waals surface area contributed by atoms with E-state index < -0.39 is 0 Å². The molecule has 0 heterocycles. The zero-order chi connectivity index (χ0) is 20.5. The van der Waals surface area contributed by atoms with Gasteiger partial charge in [0.05, 0.1) is 7.11 Å². The molecule has 0 aliphatic heterocycles. The van der Waals surface area contributed by atoms with Crippen molar-refractivity contribution in [2.75, 3.05) is 7.11 Å². The fraction of sp³-hybridized carbons (Fsp3) is 0.960. The summed E-state index contributed by atoms with van der Waals surface area (Å²) in [5.41, 5.74) is 0. The third kappa shape index (κ3) is 17.3. The van der Waals surface area contributed by atoms with E-state index in [-0.39, 0.29) is 5.97 Å². The summed E-state index contributed by atoms with van der Waals surface area (Å²) in [6, 6.07) is 0. The molecule has 0 N–H and O–H groups in total. The normalized spacial score (nSPS) is 15.9. The van der Waals surface area contributed by atoms with E-state index in [9.17, 15) is 4.79 Å². The van der Waals surface area contributed by atoms with Crippen LogP contribution in [0.1, 0.15) is 125 Å². The van der Waals surface area contributed by atoms with Crippen molar-refractivity contribution < 1.29 is 9.53 Å². The second-order valence-electron chi connectivity index (χ2n) is 9.47. The molecule has 27 heavy (non-hydrogen) atoms. The Morgan fingerprint density at radius 2 is 1.00 bits per heavy atom. The monoisotopic (exact) mass is 382 g/mol. The molecule has 4 unspecified atom stereocenters. The first-order valence-electron chi connectivity index (χ1n) is 12.0. The molecule has 4 atom stereocenters. The van der Waals surface area contributed by atoms with Crippen molar-refractivity contribution in [2.24, 2.45) is 23.7 Å². The maximum atomic E-state index is 11.2. The third-order valence-corrected chi connectivity index (χ3v) is 6.28. The van der Waals surface area contributed by atoms with Crippen LogP contribution in [0, 0.1) is 23.7 Å². The lowest BCUT2D eigenvalue weighted by Crippen LogP contribution is -2.05. The molecule has 0 aromatic rings. The fourth-order valence-electron chi connectivity index (χ4n) is 4.15. The van der Waals surface area contributed by atoms with Crippen molar-refractivity contribution in [3.63, 3.8) is 0 Å². The van der Waals surface area contributed by atoms with Crippen LogP contribution in [0.25, 0.3) is 0 Å². The van der Waals surface area contributed by atoms with Crippen LogP contribution in [0.4, 0.5) is 0 Å². The van der Waals surface area contributed by atoms with E-state index in [1.807, 2.05) is 0 Å². The highest BCUT2D eigenvalue weighted by atomic mass is 16.5. The Morgan fingerprint density at radius 1 is 0.630 bits per heavy atom. The Morgan fingerprint density at radius 3 is 1.41 bits per heavy atom. The Hall–Kier alpha value is -0.530. The van der Waals surface area contributed by atoms with Crippen LogP contribution in [0.3, 0.4) is 0 Å². The maximum Gasteiger partial charge on any atom is 0.305 e. The van der Waals surface area contributed by atoms with Gasteiger partial charge in [-0.3, -0.25) is 4.79 Å². The summed E-state index contributed by atoms with van der Waals surface area (Å²) in [4.78, 5) is 11.2. The summed E-state index contributed by atoms with van der Waals surface area (Å²) in [6.07, 6.45) is 18.0. The molecule has 0 aromatic carbocycles. The second kappa shape index (κ2) is 17.6. The van der Waals surface area contributed by atoms with Crippen LogP contribution in [0.5, 0.6) is 0 Å². The topological polar surface area (TPSA) is 26.3 Å². The van der Waals surface area contributed by atoms with E-state index in [0.29, 0.717) is 12.3 Å². The Labute approximate surface area is 171 Å². The highest BCUT2D eigenvalue weighted by molar-refractivity contribution is 5.69. The highest BCUT2D eigenvalue weighted by Crippen LogP contribution is 2.23. The van der Waals surface area contributed by atoms with Gasteiger partial charge in [-0.05, 0) is 30.1 Å². The van der Waals surface area contributed by atoms with Gasteiger partial charge in [0, 0.05) is 6.42 Å². The number of unbranched alkanes of at least 4 members (excludes halogenated alkanes) is 1.